The molecule has 0 aliphatic heterocycles. The van der Waals surface area contributed by atoms with Gasteiger partial charge in [-0.25, -0.2) is 0 Å². The Morgan fingerprint density at radius 2 is 1.59 bits per heavy atom. The minimum Gasteiger partial charge on any atom is -0.465 e. The zero-order valence-corrected chi connectivity index (χ0v) is 14.3. The van der Waals surface area contributed by atoms with E-state index in [1.54, 1.807) is 36.5 Å². The Morgan fingerprint density at radius 1 is 1.04 bits per heavy atom. The van der Waals surface area contributed by atoms with Gasteiger partial charge in [0.15, 0.2) is 0 Å². The van der Waals surface area contributed by atoms with Gasteiger partial charge in [0.2, 0.25) is 6.29 Å². The minimum absolute atomic E-state index is 0.00214. The van der Waals surface area contributed by atoms with Crippen LogP contribution in [-0.4, -0.2) is 34.8 Å². The minimum atomic E-state index is -4.96. The van der Waals surface area contributed by atoms with Crippen molar-refractivity contribution >= 4 is 17.3 Å². The van der Waals surface area contributed by atoms with E-state index in [0.717, 1.165) is 0 Å². The molecule has 0 aromatic heterocycles. The highest BCUT2D eigenvalue weighted by Gasteiger charge is 2.38. The van der Waals surface area contributed by atoms with Gasteiger partial charge in [-0.15, -0.1) is 0 Å². The molecule has 0 aliphatic rings. The lowest BCUT2D eigenvalue weighted by Gasteiger charge is -2.15. The van der Waals surface area contributed by atoms with Crippen LogP contribution >= 0.6 is 0 Å². The van der Waals surface area contributed by atoms with Crippen molar-refractivity contribution in [2.24, 2.45) is 0 Å². The molecule has 2 aromatic carbocycles. The summed E-state index contributed by atoms with van der Waals surface area (Å²) in [5.41, 5.74) is 1.29. The van der Waals surface area contributed by atoms with Gasteiger partial charge >= 0.3 is 12.1 Å². The summed E-state index contributed by atoms with van der Waals surface area (Å²) in [4.78, 5) is 10.9. The maximum atomic E-state index is 12.2. The summed E-state index contributed by atoms with van der Waals surface area (Å²) < 4.78 is 42.0. The number of halogens is 3. The van der Waals surface area contributed by atoms with Gasteiger partial charge in [-0.1, -0.05) is 12.1 Å². The van der Waals surface area contributed by atoms with Crippen molar-refractivity contribution < 1.29 is 32.9 Å². The summed E-state index contributed by atoms with van der Waals surface area (Å²) in [5.74, 6) is -1.64. The van der Waals surface area contributed by atoms with E-state index in [0.29, 0.717) is 17.0 Å². The van der Waals surface area contributed by atoms with Crippen LogP contribution in [0, 0.1) is 0 Å². The first-order valence-electron chi connectivity index (χ1n) is 8.00. The standard InChI is InChI=1S/C18H19F3N2O4/c1-11(24)22-13-6-8-15(9-7-13)27-16(25)10-12-2-4-14(5-3-12)23-17(26)18(19,20)21/h2-9,11,16,22,24-25H,10H2,1H3,(H,23,26). The molecule has 0 bridgehead atoms. The molecule has 0 heterocycles. The van der Waals surface area contributed by atoms with E-state index < -0.39 is 24.6 Å². The number of aliphatic hydroxyl groups is 2. The molecule has 27 heavy (non-hydrogen) atoms. The van der Waals surface area contributed by atoms with Crippen molar-refractivity contribution in [2.75, 3.05) is 10.6 Å². The lowest BCUT2D eigenvalue weighted by atomic mass is 10.1. The predicted octanol–water partition coefficient (Wildman–Crippen LogP) is 2.88. The maximum Gasteiger partial charge on any atom is 0.471 e. The highest BCUT2D eigenvalue weighted by molar-refractivity contribution is 5.94. The van der Waals surface area contributed by atoms with E-state index in [2.05, 4.69) is 5.32 Å². The largest absolute Gasteiger partial charge is 0.471 e. The Balaban J connectivity index is 1.88. The number of hydrogen-bond acceptors (Lipinski definition) is 5. The molecule has 6 nitrogen and oxygen atoms in total. The van der Waals surface area contributed by atoms with Crippen LogP contribution in [0.1, 0.15) is 12.5 Å². The number of carbonyl (C=O) groups is 1. The monoisotopic (exact) mass is 384 g/mol. The molecule has 9 heteroatoms. The molecular formula is C18H19F3N2O4. The third kappa shape index (κ3) is 6.80. The molecule has 0 aliphatic carbocycles. The summed E-state index contributed by atoms with van der Waals surface area (Å²) in [5, 5.41) is 23.8. The average Bonchev–Trinajstić information content (AvgIpc) is 2.57. The molecule has 2 aromatic rings. The average molecular weight is 384 g/mol. The van der Waals surface area contributed by atoms with Gasteiger partial charge in [0.25, 0.3) is 0 Å². The van der Waals surface area contributed by atoms with Crippen molar-refractivity contribution in [3.8, 4) is 5.75 Å². The smallest absolute Gasteiger partial charge is 0.465 e. The van der Waals surface area contributed by atoms with Gasteiger partial charge in [0.1, 0.15) is 12.0 Å². The number of aliphatic hydroxyl groups excluding tert-OH is 2. The van der Waals surface area contributed by atoms with Gasteiger partial charge in [0.05, 0.1) is 0 Å². The second-order valence-electron chi connectivity index (χ2n) is 5.77. The number of rotatable bonds is 7. The summed E-state index contributed by atoms with van der Waals surface area (Å²) in [6.07, 6.45) is -6.73. The summed E-state index contributed by atoms with van der Waals surface area (Å²) >= 11 is 0. The summed E-state index contributed by atoms with van der Waals surface area (Å²) in [6.45, 7) is 1.58. The molecule has 0 radical (unpaired) electrons. The maximum absolute atomic E-state index is 12.2. The molecule has 0 saturated carbocycles. The zero-order chi connectivity index (χ0) is 20.0. The Morgan fingerprint density at radius 3 is 2.11 bits per heavy atom. The number of amides is 1. The Bertz CT molecular complexity index is 747. The van der Waals surface area contributed by atoms with E-state index in [4.69, 9.17) is 4.74 Å². The molecule has 4 N–H and O–H groups in total. The zero-order valence-electron chi connectivity index (χ0n) is 14.3. The van der Waals surface area contributed by atoms with Crippen molar-refractivity contribution in [3.63, 3.8) is 0 Å². The number of alkyl halides is 3. The molecular weight excluding hydrogens is 365 g/mol. The predicted molar refractivity (Wildman–Crippen MR) is 93.2 cm³/mol. The van der Waals surface area contributed by atoms with E-state index in [1.165, 1.54) is 24.3 Å². The number of ether oxygens (including phenoxy) is 1. The second kappa shape index (κ2) is 8.74. The lowest BCUT2D eigenvalue weighted by Crippen LogP contribution is -2.29. The Hall–Kier alpha value is -2.78. The molecule has 146 valence electrons. The molecule has 2 atom stereocenters. The van der Waals surface area contributed by atoms with Crippen LogP contribution in [0.5, 0.6) is 5.75 Å². The number of anilines is 2. The molecule has 0 fully saturated rings. The van der Waals surface area contributed by atoms with Gasteiger partial charge in [-0.2, -0.15) is 13.2 Å². The fourth-order valence-electron chi connectivity index (χ4n) is 2.20. The van der Waals surface area contributed by atoms with Crippen LogP contribution < -0.4 is 15.4 Å². The summed E-state index contributed by atoms with van der Waals surface area (Å²) in [7, 11) is 0. The number of carbonyl (C=O) groups excluding carboxylic acids is 1. The van der Waals surface area contributed by atoms with Gasteiger partial charge in [-0.05, 0) is 48.9 Å². The first-order valence-corrected chi connectivity index (χ1v) is 8.00. The van der Waals surface area contributed by atoms with Crippen LogP contribution in [-0.2, 0) is 11.2 Å². The van der Waals surface area contributed by atoms with Gasteiger partial charge in [0, 0.05) is 17.8 Å². The van der Waals surface area contributed by atoms with Crippen molar-refractivity contribution in [2.45, 2.75) is 32.0 Å². The lowest BCUT2D eigenvalue weighted by molar-refractivity contribution is -0.167. The highest BCUT2D eigenvalue weighted by Crippen LogP contribution is 2.20. The third-order valence-electron chi connectivity index (χ3n) is 3.38. The topological polar surface area (TPSA) is 90.8 Å². The van der Waals surface area contributed by atoms with Crippen molar-refractivity contribution in [1.82, 2.24) is 0 Å². The van der Waals surface area contributed by atoms with Crippen LogP contribution in [0.25, 0.3) is 0 Å². The quantitative estimate of drug-likeness (QED) is 0.551. The molecule has 2 rings (SSSR count). The van der Waals surface area contributed by atoms with Crippen LogP contribution in [0.4, 0.5) is 24.5 Å². The first-order chi connectivity index (χ1) is 12.6. The van der Waals surface area contributed by atoms with Crippen LogP contribution in [0.3, 0.4) is 0 Å². The van der Waals surface area contributed by atoms with E-state index in [-0.39, 0.29) is 12.1 Å². The SMILES string of the molecule is CC(O)Nc1ccc(OC(O)Cc2ccc(NC(=O)C(F)(F)F)cc2)cc1. The molecule has 0 saturated heterocycles. The normalized spacial score (nSPS) is 13.6. The number of hydrogen-bond donors (Lipinski definition) is 4. The van der Waals surface area contributed by atoms with E-state index in [1.807, 2.05) is 0 Å². The fourth-order valence-corrected chi connectivity index (χ4v) is 2.20. The second-order valence-corrected chi connectivity index (χ2v) is 5.77. The van der Waals surface area contributed by atoms with Crippen LogP contribution in [0.15, 0.2) is 48.5 Å². The van der Waals surface area contributed by atoms with Crippen molar-refractivity contribution in [3.05, 3.63) is 54.1 Å². The van der Waals surface area contributed by atoms with Gasteiger partial charge in [-0.3, -0.25) is 4.79 Å². The third-order valence-corrected chi connectivity index (χ3v) is 3.38. The van der Waals surface area contributed by atoms with Crippen molar-refractivity contribution in [1.29, 1.82) is 0 Å². The fraction of sp³-hybridized carbons (Fsp3) is 0.278. The Labute approximate surface area is 153 Å². The van der Waals surface area contributed by atoms with Crippen LogP contribution in [0.2, 0.25) is 0 Å². The molecule has 1 amide bonds. The van der Waals surface area contributed by atoms with E-state index in [9.17, 15) is 28.2 Å². The van der Waals surface area contributed by atoms with Gasteiger partial charge < -0.3 is 25.6 Å². The first kappa shape index (κ1) is 20.5. The van der Waals surface area contributed by atoms with E-state index >= 15 is 0 Å². The molecule has 2 unspecified atom stereocenters. The Kier molecular flexibility index (Phi) is 6.65. The molecule has 0 spiro atoms. The summed E-state index contributed by atoms with van der Waals surface area (Å²) in [6, 6.07) is 12.2. The highest BCUT2D eigenvalue weighted by atomic mass is 19.4. The number of benzene rings is 2. The number of nitrogens with one attached hydrogen (secondary N) is 2.